The lowest BCUT2D eigenvalue weighted by molar-refractivity contribution is -0.122. The van der Waals surface area contributed by atoms with Crippen LogP contribution in [0.15, 0.2) is 54.7 Å². The first-order valence-corrected chi connectivity index (χ1v) is 12.9. The lowest BCUT2D eigenvalue weighted by Gasteiger charge is -2.21. The van der Waals surface area contributed by atoms with Gasteiger partial charge < -0.3 is 24.8 Å². The van der Waals surface area contributed by atoms with E-state index in [1.807, 2.05) is 19.2 Å². The summed E-state index contributed by atoms with van der Waals surface area (Å²) in [5.74, 6) is -1.59. The number of nitrogens with zero attached hydrogens (tertiary/aromatic N) is 4. The highest BCUT2D eigenvalue weighted by Gasteiger charge is 2.20. The first kappa shape index (κ1) is 29.4. The van der Waals surface area contributed by atoms with Gasteiger partial charge in [0.1, 0.15) is 23.6 Å². The van der Waals surface area contributed by atoms with Gasteiger partial charge >= 0.3 is 5.97 Å². The fraction of sp³-hybridized carbons (Fsp3) is 0.179. The van der Waals surface area contributed by atoms with Crippen LogP contribution in [0.25, 0.3) is 17.1 Å². The Hall–Kier alpha value is -4.61. The number of para-hydroxylation sites is 1. The van der Waals surface area contributed by atoms with E-state index in [0.717, 1.165) is 5.52 Å². The number of fused-ring (bicyclic) bond motifs is 1. The number of nitrogens with one attached hydrogen (secondary N) is 1. The number of carbonyl (C=O) groups excluding carboxylic acids is 2. The molecule has 0 aliphatic carbocycles. The minimum Gasteiger partial charge on any atom is -0.486 e. The number of pyridine rings is 1. The second-order valence-corrected chi connectivity index (χ2v) is 9.50. The highest BCUT2D eigenvalue weighted by atomic mass is 35.5. The second-order valence-electron chi connectivity index (χ2n) is 8.71. The fourth-order valence-electron chi connectivity index (χ4n) is 3.87. The van der Waals surface area contributed by atoms with Crippen molar-refractivity contribution < 1.29 is 29.0 Å². The number of imidazole rings is 1. The molecule has 2 aromatic carbocycles. The predicted molar refractivity (Wildman–Crippen MR) is 155 cm³/mol. The summed E-state index contributed by atoms with van der Waals surface area (Å²) in [7, 11) is 4.90. The number of hydrogen-bond donors (Lipinski definition) is 2. The van der Waals surface area contributed by atoms with Crippen molar-refractivity contribution in [3.05, 3.63) is 81.6 Å². The molecule has 2 N–H and O–H groups in total. The number of benzene rings is 2. The number of carboxylic acids is 1. The van der Waals surface area contributed by atoms with Gasteiger partial charge in [0.05, 0.1) is 29.9 Å². The van der Waals surface area contributed by atoms with Crippen LogP contribution in [-0.4, -0.2) is 58.1 Å². The van der Waals surface area contributed by atoms with Gasteiger partial charge in [0.25, 0.3) is 6.01 Å². The second kappa shape index (κ2) is 12.7. The monoisotopic (exact) mass is 597 g/mol. The number of carbonyl (C=O) groups is 3. The molecule has 0 spiro atoms. The van der Waals surface area contributed by atoms with Crippen molar-refractivity contribution in [2.24, 2.45) is 7.05 Å². The molecule has 41 heavy (non-hydrogen) atoms. The van der Waals surface area contributed by atoms with E-state index in [1.165, 1.54) is 49.5 Å². The molecule has 2 amide bonds. The molecule has 0 saturated heterocycles. The predicted octanol–water partition coefficient (Wildman–Crippen LogP) is 4.35. The quantitative estimate of drug-likeness (QED) is 0.257. The summed E-state index contributed by atoms with van der Waals surface area (Å²) >= 11 is 13.1. The summed E-state index contributed by atoms with van der Waals surface area (Å²) in [6.45, 7) is -0.292. The van der Waals surface area contributed by atoms with E-state index in [9.17, 15) is 14.4 Å². The van der Waals surface area contributed by atoms with Gasteiger partial charge in [0.15, 0.2) is 0 Å². The molecule has 0 aliphatic heterocycles. The van der Waals surface area contributed by atoms with Gasteiger partial charge in [-0.3, -0.25) is 14.2 Å². The molecule has 0 unspecified atom stereocenters. The zero-order chi connectivity index (χ0) is 29.7. The summed E-state index contributed by atoms with van der Waals surface area (Å²) < 4.78 is 13.1. The highest BCUT2D eigenvalue weighted by Crippen LogP contribution is 2.35. The average Bonchev–Trinajstić information content (AvgIpc) is 3.30. The molecule has 4 aromatic rings. The van der Waals surface area contributed by atoms with Gasteiger partial charge in [-0.25, -0.2) is 9.78 Å². The van der Waals surface area contributed by atoms with Gasteiger partial charge in [-0.05, 0) is 42.0 Å². The first-order valence-electron chi connectivity index (χ1n) is 12.1. The van der Waals surface area contributed by atoms with Crippen molar-refractivity contribution in [3.63, 3.8) is 0 Å². The van der Waals surface area contributed by atoms with Crippen molar-refractivity contribution >= 4 is 63.8 Å². The molecular weight excluding hydrogens is 573 g/mol. The summed E-state index contributed by atoms with van der Waals surface area (Å²) in [6, 6.07) is 12.0. The summed E-state index contributed by atoms with van der Waals surface area (Å²) in [4.78, 5) is 45.5. The van der Waals surface area contributed by atoms with Crippen LogP contribution in [0.3, 0.4) is 0 Å². The van der Waals surface area contributed by atoms with Crippen LogP contribution in [0, 0.1) is 0 Å². The number of halogens is 2. The highest BCUT2D eigenvalue weighted by molar-refractivity contribution is 6.38. The summed E-state index contributed by atoms with van der Waals surface area (Å²) in [5, 5.41) is 12.0. The van der Waals surface area contributed by atoms with E-state index in [-0.39, 0.29) is 23.9 Å². The molecule has 0 radical (unpaired) electrons. The molecule has 0 bridgehead atoms. The first-order chi connectivity index (χ1) is 19.6. The Morgan fingerprint density at radius 2 is 1.93 bits per heavy atom. The normalized spacial score (nSPS) is 11.0. The Labute approximate surface area is 244 Å². The Bertz CT molecular complexity index is 1650. The molecule has 13 heteroatoms. The van der Waals surface area contributed by atoms with Crippen LogP contribution < -0.4 is 19.7 Å². The molecule has 0 saturated carbocycles. The van der Waals surface area contributed by atoms with Crippen molar-refractivity contribution in [1.82, 2.24) is 19.9 Å². The summed E-state index contributed by atoms with van der Waals surface area (Å²) in [5.41, 5.74) is 2.70. The number of methoxy groups -OCH3 is 1. The largest absolute Gasteiger partial charge is 0.486 e. The zero-order valence-corrected chi connectivity index (χ0v) is 23.7. The lowest BCUT2D eigenvalue weighted by atomic mass is 10.2. The third kappa shape index (κ3) is 6.59. The number of carboxylic acid groups (broad SMARTS) is 1. The zero-order valence-electron chi connectivity index (χ0n) is 22.2. The SMILES string of the molecule is COc1nc2c(OCc3c(Cl)ccc(N(C)C(=O)CNC(=O)/C=C/c4ccc(C(=O)O)nc4)c3Cl)cccc2n1C. The van der Waals surface area contributed by atoms with Gasteiger partial charge in [-0.1, -0.05) is 35.3 Å². The molecule has 0 fully saturated rings. The molecule has 2 aromatic heterocycles. The van der Waals surface area contributed by atoms with Crippen LogP contribution in [0.1, 0.15) is 21.6 Å². The van der Waals surface area contributed by atoms with E-state index >= 15 is 0 Å². The molecule has 4 rings (SSSR count). The smallest absolute Gasteiger partial charge is 0.354 e. The Morgan fingerprint density at radius 1 is 1.15 bits per heavy atom. The molecule has 0 aliphatic rings. The van der Waals surface area contributed by atoms with Crippen molar-refractivity contribution in [2.75, 3.05) is 25.6 Å². The maximum Gasteiger partial charge on any atom is 0.354 e. The number of aromatic carboxylic acids is 1. The van der Waals surface area contributed by atoms with E-state index in [2.05, 4.69) is 15.3 Å². The Balaban J connectivity index is 1.41. The van der Waals surface area contributed by atoms with Gasteiger partial charge in [0.2, 0.25) is 11.8 Å². The maximum absolute atomic E-state index is 12.8. The van der Waals surface area contributed by atoms with Crippen LogP contribution in [0.2, 0.25) is 10.0 Å². The van der Waals surface area contributed by atoms with Gasteiger partial charge in [-0.2, -0.15) is 4.98 Å². The molecule has 0 atom stereocenters. The third-order valence-corrected chi connectivity index (χ3v) is 6.91. The number of amides is 2. The minimum absolute atomic E-state index is 0.00930. The topological polar surface area (TPSA) is 136 Å². The number of rotatable bonds is 10. The number of ether oxygens (including phenoxy) is 2. The number of likely N-dealkylation sites (N-methyl/N-ethyl adjacent to an activating group) is 1. The van der Waals surface area contributed by atoms with Crippen molar-refractivity contribution in [1.29, 1.82) is 0 Å². The average molecular weight is 598 g/mol. The van der Waals surface area contributed by atoms with E-state index < -0.39 is 17.8 Å². The number of anilines is 1. The summed E-state index contributed by atoms with van der Waals surface area (Å²) in [6.07, 6.45) is 3.99. The third-order valence-electron chi connectivity index (χ3n) is 6.14. The number of aryl methyl sites for hydroxylation is 1. The molecule has 11 nitrogen and oxygen atoms in total. The maximum atomic E-state index is 12.8. The van der Waals surface area contributed by atoms with E-state index in [0.29, 0.717) is 39.1 Å². The van der Waals surface area contributed by atoms with Gasteiger partial charge in [0, 0.05) is 37.0 Å². The van der Waals surface area contributed by atoms with Gasteiger partial charge in [-0.15, -0.1) is 0 Å². The fourth-order valence-corrected chi connectivity index (χ4v) is 4.48. The van der Waals surface area contributed by atoms with Crippen molar-refractivity contribution in [3.8, 4) is 11.8 Å². The standard InChI is InChI=1S/C28H25Cl2N5O6/c1-34(24(37)14-32-23(36)12-8-16-7-10-19(27(38)39)31-13-16)20-11-9-18(29)17(25(20)30)15-41-22-6-4-5-21-26(22)33-28(40-3)35(21)2/h4-13H,14-15H2,1-3H3,(H,32,36)(H,38,39)/b12-8+. The molecule has 212 valence electrons. The van der Waals surface area contributed by atoms with Crippen LogP contribution in [0.5, 0.6) is 11.8 Å². The lowest BCUT2D eigenvalue weighted by Crippen LogP contribution is -2.37. The van der Waals surface area contributed by atoms with E-state index in [4.69, 9.17) is 37.8 Å². The molecular formula is C28H25Cl2N5O6. The number of hydrogen-bond acceptors (Lipinski definition) is 7. The van der Waals surface area contributed by atoms with Crippen molar-refractivity contribution in [2.45, 2.75) is 6.61 Å². The minimum atomic E-state index is -1.15. The Kier molecular flexibility index (Phi) is 9.10. The Morgan fingerprint density at radius 3 is 2.61 bits per heavy atom. The van der Waals surface area contributed by atoms with Crippen LogP contribution in [-0.2, 0) is 23.2 Å². The van der Waals surface area contributed by atoms with Crippen LogP contribution in [0.4, 0.5) is 5.69 Å². The van der Waals surface area contributed by atoms with Crippen LogP contribution >= 0.6 is 23.2 Å². The number of aromatic nitrogens is 3. The molecule has 2 heterocycles. The van der Waals surface area contributed by atoms with E-state index in [1.54, 1.807) is 22.8 Å².